The molecule has 1 N–H and O–H groups in total. The van der Waals surface area contributed by atoms with Gasteiger partial charge < -0.3 is 14.4 Å². The van der Waals surface area contributed by atoms with Crippen LogP contribution in [0.1, 0.15) is 30.3 Å². The Hall–Kier alpha value is -2.14. The number of nitrogens with one attached hydrogen (secondary N) is 1. The van der Waals surface area contributed by atoms with E-state index in [1.165, 1.54) is 5.52 Å². The van der Waals surface area contributed by atoms with E-state index in [-0.39, 0.29) is 0 Å². The van der Waals surface area contributed by atoms with Crippen LogP contribution in [-0.4, -0.2) is 27.8 Å². The van der Waals surface area contributed by atoms with Gasteiger partial charge >= 0.3 is 0 Å². The van der Waals surface area contributed by atoms with Crippen LogP contribution in [0, 0.1) is 13.8 Å². The van der Waals surface area contributed by atoms with Crippen molar-refractivity contribution in [3.63, 3.8) is 0 Å². The highest BCUT2D eigenvalue weighted by atomic mass is 16.5. The van der Waals surface area contributed by atoms with Gasteiger partial charge in [0.05, 0.1) is 23.1 Å². The standard InChI is InChI=1S/C17H20N4O/c1-11-17(12(2)22-20-11)13-3-4-16-15(9-13)19-10-21(16)14-5-7-18-8-6-14/h3-4,9-10,14,18H,5-8H2,1-2H3. The molecule has 3 heterocycles. The first kappa shape index (κ1) is 13.5. The number of hydrogen-bond donors (Lipinski definition) is 1. The Morgan fingerprint density at radius 2 is 2.05 bits per heavy atom. The van der Waals surface area contributed by atoms with E-state index in [9.17, 15) is 0 Å². The summed E-state index contributed by atoms with van der Waals surface area (Å²) in [6, 6.07) is 7.01. The first-order valence-corrected chi connectivity index (χ1v) is 7.84. The second-order valence-corrected chi connectivity index (χ2v) is 6.04. The van der Waals surface area contributed by atoms with Crippen molar-refractivity contribution in [2.75, 3.05) is 13.1 Å². The maximum atomic E-state index is 5.28. The second kappa shape index (κ2) is 5.25. The molecule has 0 atom stereocenters. The summed E-state index contributed by atoms with van der Waals surface area (Å²) in [5, 5.41) is 7.46. The number of imidazole rings is 1. The third-order valence-electron chi connectivity index (χ3n) is 4.60. The molecule has 1 aliphatic heterocycles. The number of aromatic nitrogens is 3. The van der Waals surface area contributed by atoms with Crippen LogP contribution in [0.2, 0.25) is 0 Å². The van der Waals surface area contributed by atoms with Crippen molar-refractivity contribution in [3.05, 3.63) is 36.0 Å². The summed E-state index contributed by atoms with van der Waals surface area (Å²) in [5.41, 5.74) is 5.38. The predicted molar refractivity (Wildman–Crippen MR) is 85.8 cm³/mol. The summed E-state index contributed by atoms with van der Waals surface area (Å²) in [6.45, 7) is 6.10. The van der Waals surface area contributed by atoms with E-state index < -0.39 is 0 Å². The van der Waals surface area contributed by atoms with Gasteiger partial charge in [-0.15, -0.1) is 0 Å². The highest BCUT2D eigenvalue weighted by molar-refractivity contribution is 5.83. The molecule has 0 saturated carbocycles. The van der Waals surface area contributed by atoms with E-state index in [4.69, 9.17) is 4.52 Å². The average molecular weight is 296 g/mol. The van der Waals surface area contributed by atoms with Crippen LogP contribution >= 0.6 is 0 Å². The molecule has 3 aromatic rings. The van der Waals surface area contributed by atoms with Crippen molar-refractivity contribution in [2.24, 2.45) is 0 Å². The molecule has 22 heavy (non-hydrogen) atoms. The fourth-order valence-electron chi connectivity index (χ4n) is 3.46. The van der Waals surface area contributed by atoms with Gasteiger partial charge in [0.15, 0.2) is 0 Å². The van der Waals surface area contributed by atoms with Crippen molar-refractivity contribution >= 4 is 11.0 Å². The van der Waals surface area contributed by atoms with Crippen LogP contribution in [-0.2, 0) is 0 Å². The summed E-state index contributed by atoms with van der Waals surface area (Å²) in [5.74, 6) is 0.856. The quantitative estimate of drug-likeness (QED) is 0.789. The van der Waals surface area contributed by atoms with Crippen LogP contribution in [0.5, 0.6) is 0 Å². The molecule has 1 saturated heterocycles. The molecule has 2 aromatic heterocycles. The molecule has 1 aliphatic rings. The lowest BCUT2D eigenvalue weighted by atomic mass is 10.0. The molecule has 0 amide bonds. The summed E-state index contributed by atoms with van der Waals surface area (Å²) in [4.78, 5) is 4.62. The summed E-state index contributed by atoms with van der Waals surface area (Å²) in [7, 11) is 0. The number of piperidine rings is 1. The number of aryl methyl sites for hydroxylation is 2. The van der Waals surface area contributed by atoms with Crippen LogP contribution in [0.4, 0.5) is 0 Å². The van der Waals surface area contributed by atoms with Gasteiger partial charge in [0.25, 0.3) is 0 Å². The van der Waals surface area contributed by atoms with Crippen LogP contribution in [0.25, 0.3) is 22.2 Å². The third-order valence-corrected chi connectivity index (χ3v) is 4.60. The third kappa shape index (κ3) is 2.13. The molecule has 0 radical (unpaired) electrons. The second-order valence-electron chi connectivity index (χ2n) is 6.04. The van der Waals surface area contributed by atoms with E-state index in [1.807, 2.05) is 20.2 Å². The van der Waals surface area contributed by atoms with Gasteiger partial charge in [0.2, 0.25) is 0 Å². The number of rotatable bonds is 2. The smallest absolute Gasteiger partial charge is 0.141 e. The summed E-state index contributed by atoms with van der Waals surface area (Å²) in [6.07, 6.45) is 4.31. The van der Waals surface area contributed by atoms with Crippen molar-refractivity contribution in [2.45, 2.75) is 32.7 Å². The summed E-state index contributed by atoms with van der Waals surface area (Å²) >= 11 is 0. The predicted octanol–water partition coefficient (Wildman–Crippen LogP) is 3.23. The molecule has 0 aliphatic carbocycles. The minimum absolute atomic E-state index is 0.552. The van der Waals surface area contributed by atoms with Gasteiger partial charge in [-0.1, -0.05) is 11.2 Å². The Morgan fingerprint density at radius 1 is 1.23 bits per heavy atom. The van der Waals surface area contributed by atoms with Gasteiger partial charge in [-0.2, -0.15) is 0 Å². The molecular formula is C17H20N4O. The Balaban J connectivity index is 1.77. The minimum Gasteiger partial charge on any atom is -0.361 e. The molecule has 0 spiro atoms. The zero-order valence-electron chi connectivity index (χ0n) is 13.0. The maximum absolute atomic E-state index is 5.28. The van der Waals surface area contributed by atoms with Crippen LogP contribution in [0.3, 0.4) is 0 Å². The lowest BCUT2D eigenvalue weighted by molar-refractivity contribution is 0.374. The van der Waals surface area contributed by atoms with Gasteiger partial charge in [0, 0.05) is 11.6 Å². The fraction of sp³-hybridized carbons (Fsp3) is 0.412. The Kier molecular flexibility index (Phi) is 3.22. The van der Waals surface area contributed by atoms with E-state index in [2.05, 4.69) is 38.2 Å². The van der Waals surface area contributed by atoms with Crippen LogP contribution in [0.15, 0.2) is 29.0 Å². The lowest BCUT2D eigenvalue weighted by Crippen LogP contribution is -2.29. The van der Waals surface area contributed by atoms with Crippen molar-refractivity contribution in [3.8, 4) is 11.1 Å². The maximum Gasteiger partial charge on any atom is 0.141 e. The number of hydrogen-bond acceptors (Lipinski definition) is 4. The SMILES string of the molecule is Cc1noc(C)c1-c1ccc2c(c1)ncn2C1CCNCC1. The van der Waals surface area contributed by atoms with Crippen molar-refractivity contribution < 1.29 is 4.52 Å². The average Bonchev–Trinajstić information content (AvgIpc) is 3.11. The van der Waals surface area contributed by atoms with Gasteiger partial charge in [-0.3, -0.25) is 0 Å². The molecule has 4 rings (SSSR count). The lowest BCUT2D eigenvalue weighted by Gasteiger charge is -2.24. The fourth-order valence-corrected chi connectivity index (χ4v) is 3.46. The first-order valence-electron chi connectivity index (χ1n) is 7.84. The Labute approximate surface area is 129 Å². The largest absolute Gasteiger partial charge is 0.361 e. The summed E-state index contributed by atoms with van der Waals surface area (Å²) < 4.78 is 7.61. The molecular weight excluding hydrogens is 276 g/mol. The zero-order chi connectivity index (χ0) is 15.1. The molecule has 1 aromatic carbocycles. The Morgan fingerprint density at radius 3 is 2.77 bits per heavy atom. The molecule has 5 nitrogen and oxygen atoms in total. The molecule has 0 bridgehead atoms. The van der Waals surface area contributed by atoms with E-state index in [0.29, 0.717) is 6.04 Å². The monoisotopic (exact) mass is 296 g/mol. The van der Waals surface area contributed by atoms with Gasteiger partial charge in [-0.05, 0) is 57.5 Å². The van der Waals surface area contributed by atoms with E-state index >= 15 is 0 Å². The van der Waals surface area contributed by atoms with E-state index in [0.717, 1.165) is 54.0 Å². The molecule has 0 unspecified atom stereocenters. The normalized spacial score (nSPS) is 16.5. The van der Waals surface area contributed by atoms with Crippen molar-refractivity contribution in [1.29, 1.82) is 0 Å². The van der Waals surface area contributed by atoms with Gasteiger partial charge in [0.1, 0.15) is 5.76 Å². The Bertz CT molecular complexity index is 792. The highest BCUT2D eigenvalue weighted by Crippen LogP contribution is 2.31. The number of benzene rings is 1. The minimum atomic E-state index is 0.552. The van der Waals surface area contributed by atoms with Crippen LogP contribution < -0.4 is 5.32 Å². The highest BCUT2D eigenvalue weighted by Gasteiger charge is 2.18. The van der Waals surface area contributed by atoms with E-state index in [1.54, 1.807) is 0 Å². The number of nitrogens with zero attached hydrogens (tertiary/aromatic N) is 3. The van der Waals surface area contributed by atoms with Crippen molar-refractivity contribution in [1.82, 2.24) is 20.0 Å². The molecule has 5 heteroatoms. The molecule has 114 valence electrons. The first-order chi connectivity index (χ1) is 10.7. The van der Waals surface area contributed by atoms with Gasteiger partial charge in [-0.25, -0.2) is 4.98 Å². The molecule has 1 fully saturated rings. The zero-order valence-corrected chi connectivity index (χ0v) is 13.0. The topological polar surface area (TPSA) is 55.9 Å². The number of fused-ring (bicyclic) bond motifs is 1.